The summed E-state index contributed by atoms with van der Waals surface area (Å²) in [6, 6.07) is -2.60. The number of nitrogens with zero attached hydrogens (tertiary/aromatic N) is 1. The van der Waals surface area contributed by atoms with E-state index in [4.69, 9.17) is 23.7 Å². The van der Waals surface area contributed by atoms with E-state index in [1.165, 1.54) is 6.08 Å². The average Bonchev–Trinajstić information content (AvgIpc) is 2.84. The van der Waals surface area contributed by atoms with Crippen molar-refractivity contribution in [1.29, 1.82) is 0 Å². The molecular formula is C23H31F3N2O10. The number of piperidine rings is 1. The number of nitrogens with one attached hydrogen (secondary N) is 1. The normalized spacial score (nSPS) is 23.6. The van der Waals surface area contributed by atoms with Crippen molar-refractivity contribution in [3.8, 4) is 0 Å². The third-order valence-electron chi connectivity index (χ3n) is 5.82. The number of hydrogen-bond acceptors (Lipinski definition) is 11. The molecule has 2 aliphatic heterocycles. The molecule has 2 heterocycles. The number of carbonyl (C=O) groups excluding carboxylic acids is 5. The molecule has 38 heavy (non-hydrogen) atoms. The first-order valence-corrected chi connectivity index (χ1v) is 11.8. The molecule has 0 radical (unpaired) electrons. The van der Waals surface area contributed by atoms with Gasteiger partial charge < -0.3 is 29.0 Å². The molecule has 0 aromatic heterocycles. The Hall–Kier alpha value is -3.36. The summed E-state index contributed by atoms with van der Waals surface area (Å²) in [5, 5.41) is 1.89. The van der Waals surface area contributed by atoms with Gasteiger partial charge in [-0.25, -0.2) is 4.79 Å². The Bertz CT molecular complexity index is 933. The Morgan fingerprint density at radius 3 is 2.13 bits per heavy atom. The van der Waals surface area contributed by atoms with Crippen molar-refractivity contribution >= 4 is 29.8 Å². The lowest BCUT2D eigenvalue weighted by Crippen LogP contribution is -2.66. The van der Waals surface area contributed by atoms with Crippen molar-refractivity contribution in [2.45, 2.75) is 76.6 Å². The molecule has 1 fully saturated rings. The maximum Gasteiger partial charge on any atom is 0.471 e. The zero-order valence-corrected chi connectivity index (χ0v) is 21.4. The van der Waals surface area contributed by atoms with Crippen molar-refractivity contribution in [3.63, 3.8) is 0 Å². The van der Waals surface area contributed by atoms with Gasteiger partial charge in [-0.15, -0.1) is 0 Å². The summed E-state index contributed by atoms with van der Waals surface area (Å²) >= 11 is 0. The van der Waals surface area contributed by atoms with Crippen LogP contribution in [0.2, 0.25) is 0 Å². The number of hydrogen-bond donors (Lipinski definition) is 1. The molecule has 0 aliphatic carbocycles. The van der Waals surface area contributed by atoms with E-state index in [1.54, 1.807) is 4.90 Å². The van der Waals surface area contributed by atoms with Crippen molar-refractivity contribution < 1.29 is 60.8 Å². The number of alkyl halides is 3. The SMILES string of the molecule is COC(=O)C1=C[C@@H](N2CCCCC2)[C@@H](NC(=O)C(F)(F)F)[C@@H]([C@@H](OC(C)=O)[C@@H](COC(C)=O)OC(C)=O)O1. The molecule has 1 amide bonds. The minimum Gasteiger partial charge on any atom is -0.477 e. The lowest BCUT2D eigenvalue weighted by molar-refractivity contribution is -0.192. The minimum atomic E-state index is -5.28. The first-order valence-electron chi connectivity index (χ1n) is 11.8. The first-order chi connectivity index (χ1) is 17.7. The summed E-state index contributed by atoms with van der Waals surface area (Å²) in [6.45, 7) is 3.21. The molecule has 0 bridgehead atoms. The lowest BCUT2D eigenvalue weighted by atomic mass is 9.89. The molecule has 0 aromatic carbocycles. The van der Waals surface area contributed by atoms with Gasteiger partial charge in [0.15, 0.2) is 18.3 Å². The summed E-state index contributed by atoms with van der Waals surface area (Å²) < 4.78 is 65.9. The van der Waals surface area contributed by atoms with Gasteiger partial charge in [-0.3, -0.25) is 24.1 Å². The zero-order chi connectivity index (χ0) is 28.6. The van der Waals surface area contributed by atoms with Gasteiger partial charge in [0.2, 0.25) is 5.76 Å². The monoisotopic (exact) mass is 552 g/mol. The third-order valence-corrected chi connectivity index (χ3v) is 5.82. The fourth-order valence-electron chi connectivity index (χ4n) is 4.30. The predicted octanol–water partition coefficient (Wildman–Crippen LogP) is 0.770. The summed E-state index contributed by atoms with van der Waals surface area (Å²) in [7, 11) is 1.06. The maximum absolute atomic E-state index is 13.3. The number of methoxy groups -OCH3 is 1. The van der Waals surface area contributed by atoms with E-state index in [1.807, 2.05) is 5.32 Å². The highest BCUT2D eigenvalue weighted by Crippen LogP contribution is 2.31. The zero-order valence-electron chi connectivity index (χ0n) is 21.4. The van der Waals surface area contributed by atoms with Crippen LogP contribution in [0.15, 0.2) is 11.8 Å². The molecule has 1 N–H and O–H groups in total. The minimum absolute atomic E-state index is 0.416. The van der Waals surface area contributed by atoms with Gasteiger partial charge in [-0.1, -0.05) is 6.42 Å². The van der Waals surface area contributed by atoms with Gasteiger partial charge in [0.25, 0.3) is 0 Å². The van der Waals surface area contributed by atoms with Crippen LogP contribution >= 0.6 is 0 Å². The second kappa shape index (κ2) is 13.4. The van der Waals surface area contributed by atoms with Crippen LogP contribution in [0.5, 0.6) is 0 Å². The van der Waals surface area contributed by atoms with Crippen LogP contribution in [0, 0.1) is 0 Å². The van der Waals surface area contributed by atoms with Gasteiger partial charge in [0.05, 0.1) is 19.2 Å². The van der Waals surface area contributed by atoms with Gasteiger partial charge in [-0.05, 0) is 32.0 Å². The maximum atomic E-state index is 13.3. The topological polar surface area (TPSA) is 147 Å². The van der Waals surface area contributed by atoms with Gasteiger partial charge >= 0.3 is 36.0 Å². The largest absolute Gasteiger partial charge is 0.477 e. The predicted molar refractivity (Wildman–Crippen MR) is 120 cm³/mol. The quantitative estimate of drug-likeness (QED) is 0.320. The Morgan fingerprint density at radius 1 is 1.03 bits per heavy atom. The van der Waals surface area contributed by atoms with Crippen LogP contribution in [0.25, 0.3) is 0 Å². The standard InChI is InChI=1S/C23H31F3N2O10/c1-12(29)35-11-17(36-13(2)30)19(37-14(3)31)20-18(27-22(33)23(24,25)26)15(28-8-6-5-7-9-28)10-16(38-20)21(32)34-4/h10,15,17-20H,5-9,11H2,1-4H3,(H,27,33)/t15-,17-,18-,19+,20+/m1/s1. The Labute approximate surface area is 216 Å². The van der Waals surface area contributed by atoms with E-state index in [0.29, 0.717) is 25.9 Å². The molecular weight excluding hydrogens is 521 g/mol. The first kappa shape index (κ1) is 30.9. The van der Waals surface area contributed by atoms with Crippen molar-refractivity contribution in [2.75, 3.05) is 26.8 Å². The highest BCUT2D eigenvalue weighted by molar-refractivity contribution is 5.87. The van der Waals surface area contributed by atoms with E-state index >= 15 is 0 Å². The van der Waals surface area contributed by atoms with Crippen LogP contribution in [0.4, 0.5) is 13.2 Å². The molecule has 2 rings (SSSR count). The fraction of sp³-hybridized carbons (Fsp3) is 0.696. The van der Waals surface area contributed by atoms with Crippen LogP contribution in [0.1, 0.15) is 40.0 Å². The van der Waals surface area contributed by atoms with E-state index in [0.717, 1.165) is 34.3 Å². The third kappa shape index (κ3) is 8.60. The van der Waals surface area contributed by atoms with Crippen molar-refractivity contribution in [1.82, 2.24) is 10.2 Å². The van der Waals surface area contributed by atoms with Crippen molar-refractivity contribution in [2.24, 2.45) is 0 Å². The Kier molecular flexibility index (Phi) is 10.9. The van der Waals surface area contributed by atoms with E-state index in [2.05, 4.69) is 0 Å². The van der Waals surface area contributed by atoms with Crippen LogP contribution in [0.3, 0.4) is 0 Å². The van der Waals surface area contributed by atoms with Crippen molar-refractivity contribution in [3.05, 3.63) is 11.8 Å². The number of amides is 1. The van der Waals surface area contributed by atoms with Gasteiger partial charge in [0, 0.05) is 20.8 Å². The number of esters is 4. The van der Waals surface area contributed by atoms with Gasteiger partial charge in [0.1, 0.15) is 6.61 Å². The number of rotatable bonds is 9. The molecule has 2 aliphatic rings. The van der Waals surface area contributed by atoms with Crippen LogP contribution in [-0.4, -0.2) is 98.1 Å². The second-order valence-electron chi connectivity index (χ2n) is 8.71. The Balaban J connectivity index is 2.66. The van der Waals surface area contributed by atoms with E-state index in [-0.39, 0.29) is 0 Å². The molecule has 0 unspecified atom stereocenters. The smallest absolute Gasteiger partial charge is 0.471 e. The second-order valence-corrected chi connectivity index (χ2v) is 8.71. The molecule has 214 valence electrons. The lowest BCUT2D eigenvalue weighted by Gasteiger charge is -2.46. The number of halogens is 3. The highest BCUT2D eigenvalue weighted by atomic mass is 19.4. The molecule has 0 spiro atoms. The van der Waals surface area contributed by atoms with Gasteiger partial charge in [-0.2, -0.15) is 13.2 Å². The summed E-state index contributed by atoms with van der Waals surface area (Å²) in [6.07, 6.45) is -6.82. The molecule has 5 atom stereocenters. The Morgan fingerprint density at radius 2 is 1.63 bits per heavy atom. The highest BCUT2D eigenvalue weighted by Gasteiger charge is 2.51. The fourth-order valence-corrected chi connectivity index (χ4v) is 4.30. The average molecular weight is 552 g/mol. The van der Waals surface area contributed by atoms with E-state index < -0.39 is 78.7 Å². The molecule has 0 aromatic rings. The summed E-state index contributed by atoms with van der Waals surface area (Å²) in [4.78, 5) is 61.7. The number of carbonyl (C=O) groups is 5. The van der Waals surface area contributed by atoms with E-state index in [9.17, 15) is 37.1 Å². The molecule has 0 saturated carbocycles. The summed E-state index contributed by atoms with van der Waals surface area (Å²) in [5.41, 5.74) is 0. The molecule has 15 heteroatoms. The number of likely N-dealkylation sites (tertiary alicyclic amines) is 1. The van der Waals surface area contributed by atoms with Crippen LogP contribution in [-0.2, 0) is 47.7 Å². The molecule has 12 nitrogen and oxygen atoms in total. The summed E-state index contributed by atoms with van der Waals surface area (Å²) in [5.74, 6) is -6.36. The molecule has 1 saturated heterocycles. The van der Waals surface area contributed by atoms with Crippen LogP contribution < -0.4 is 5.32 Å². The number of ether oxygens (including phenoxy) is 5.